The molecule has 6 rings (SSSR count). The van der Waals surface area contributed by atoms with Gasteiger partial charge in [-0.3, -0.25) is 33.9 Å². The van der Waals surface area contributed by atoms with E-state index in [1.54, 1.807) is 24.3 Å². The Bertz CT molecular complexity index is 1830. The molecule has 0 unspecified atom stereocenters. The summed E-state index contributed by atoms with van der Waals surface area (Å²) in [5.74, 6) is -2.75. The summed E-state index contributed by atoms with van der Waals surface area (Å²) in [6.45, 7) is 5.51. The van der Waals surface area contributed by atoms with E-state index in [4.69, 9.17) is 0 Å². The molecule has 45 heavy (non-hydrogen) atoms. The molecule has 1 fully saturated rings. The maximum atomic E-state index is 14.1. The molecule has 230 valence electrons. The van der Waals surface area contributed by atoms with Crippen LogP contribution in [0.5, 0.6) is 0 Å². The highest BCUT2D eigenvalue weighted by Gasteiger charge is 2.56. The quantitative estimate of drug-likeness (QED) is 0.151. The number of rotatable bonds is 9. The van der Waals surface area contributed by atoms with E-state index in [0.717, 1.165) is 52.3 Å². The van der Waals surface area contributed by atoms with Crippen molar-refractivity contribution in [1.82, 2.24) is 4.57 Å². The number of carbonyl (C=O) groups is 3. The zero-order valence-electron chi connectivity index (χ0n) is 24.4. The van der Waals surface area contributed by atoms with Gasteiger partial charge in [-0.15, -0.1) is 0 Å². The zero-order valence-corrected chi connectivity index (χ0v) is 26.0. The van der Waals surface area contributed by atoms with E-state index in [1.807, 2.05) is 30.3 Å². The van der Waals surface area contributed by atoms with Gasteiger partial charge in [-0.25, -0.2) is 4.90 Å². The Morgan fingerprint density at radius 2 is 1.60 bits per heavy atom. The van der Waals surface area contributed by atoms with Crippen molar-refractivity contribution < 1.29 is 19.3 Å². The number of benzene rings is 3. The second-order valence-electron chi connectivity index (χ2n) is 10.6. The molecular formula is C32H29N5O6S2. The molecule has 3 aromatic carbocycles. The Labute approximate surface area is 266 Å². The molecule has 0 saturated carbocycles. The lowest BCUT2D eigenvalue weighted by atomic mass is 9.83. The first-order valence-corrected chi connectivity index (χ1v) is 16.1. The van der Waals surface area contributed by atoms with E-state index in [-0.39, 0.29) is 22.8 Å². The fourth-order valence-electron chi connectivity index (χ4n) is 5.94. The van der Waals surface area contributed by atoms with Gasteiger partial charge >= 0.3 is 4.87 Å². The van der Waals surface area contributed by atoms with Crippen LogP contribution in [-0.2, 0) is 20.9 Å². The van der Waals surface area contributed by atoms with Crippen molar-refractivity contribution in [2.24, 2.45) is 5.92 Å². The number of para-hydroxylation sites is 1. The highest BCUT2D eigenvalue weighted by Crippen LogP contribution is 2.54. The number of nitrogens with zero attached hydrogens (tertiary/aromatic N) is 4. The molecule has 0 aliphatic carbocycles. The van der Waals surface area contributed by atoms with Crippen LogP contribution < -0.4 is 20.0 Å². The number of nitro benzene ring substituents is 1. The number of anilines is 3. The number of nitrogens with one attached hydrogen (secondary N) is 1. The zero-order chi connectivity index (χ0) is 31.8. The van der Waals surface area contributed by atoms with Gasteiger partial charge in [-0.05, 0) is 55.8 Å². The Morgan fingerprint density at radius 1 is 0.933 bits per heavy atom. The summed E-state index contributed by atoms with van der Waals surface area (Å²) in [4.78, 5) is 68.7. The van der Waals surface area contributed by atoms with Crippen molar-refractivity contribution in [2.75, 3.05) is 28.2 Å². The minimum Gasteiger partial charge on any atom is -0.372 e. The highest BCUT2D eigenvalue weighted by molar-refractivity contribution is 8.00. The summed E-state index contributed by atoms with van der Waals surface area (Å²) in [7, 11) is 0. The molecule has 3 heterocycles. The number of nitro groups is 1. The molecular weight excluding hydrogens is 615 g/mol. The summed E-state index contributed by atoms with van der Waals surface area (Å²) < 4.78 is 1.38. The van der Waals surface area contributed by atoms with Crippen LogP contribution in [-0.4, -0.2) is 45.6 Å². The van der Waals surface area contributed by atoms with E-state index in [1.165, 1.54) is 28.8 Å². The average Bonchev–Trinajstić information content (AvgIpc) is 3.48. The molecule has 11 nitrogen and oxygen atoms in total. The lowest BCUT2D eigenvalue weighted by Gasteiger charge is -2.31. The fraction of sp³-hybridized carbons (Fsp3) is 0.250. The van der Waals surface area contributed by atoms with Crippen LogP contribution >= 0.6 is 23.1 Å². The molecule has 1 saturated heterocycles. The van der Waals surface area contributed by atoms with Gasteiger partial charge in [0.05, 0.1) is 21.6 Å². The Balaban J connectivity index is 1.41. The van der Waals surface area contributed by atoms with Gasteiger partial charge in [0.25, 0.3) is 5.69 Å². The van der Waals surface area contributed by atoms with Crippen LogP contribution in [0.2, 0.25) is 0 Å². The second kappa shape index (κ2) is 12.3. The van der Waals surface area contributed by atoms with Gasteiger partial charge < -0.3 is 10.2 Å². The van der Waals surface area contributed by atoms with Crippen molar-refractivity contribution in [2.45, 2.75) is 36.6 Å². The van der Waals surface area contributed by atoms with Gasteiger partial charge in [-0.1, -0.05) is 53.4 Å². The third-order valence-corrected chi connectivity index (χ3v) is 10.7. The number of non-ortho nitro benzene ring substituents is 1. The minimum absolute atomic E-state index is 0.157. The van der Waals surface area contributed by atoms with Crippen molar-refractivity contribution in [3.63, 3.8) is 0 Å². The van der Waals surface area contributed by atoms with E-state index in [9.17, 15) is 29.3 Å². The van der Waals surface area contributed by atoms with Gasteiger partial charge in [0, 0.05) is 47.4 Å². The topological polar surface area (TPSA) is 135 Å². The molecule has 0 bridgehead atoms. The minimum atomic E-state index is -0.870. The maximum absolute atomic E-state index is 14.1. The molecule has 2 aliphatic heterocycles. The van der Waals surface area contributed by atoms with Crippen LogP contribution in [0.1, 0.15) is 30.2 Å². The molecule has 2 aliphatic rings. The van der Waals surface area contributed by atoms with E-state index in [0.29, 0.717) is 15.6 Å². The van der Waals surface area contributed by atoms with E-state index >= 15 is 0 Å². The monoisotopic (exact) mass is 643 g/mol. The molecule has 1 aromatic heterocycles. The molecule has 3 atom stereocenters. The van der Waals surface area contributed by atoms with Gasteiger partial charge in [0.15, 0.2) is 0 Å². The van der Waals surface area contributed by atoms with Crippen LogP contribution in [0.4, 0.5) is 22.7 Å². The lowest BCUT2D eigenvalue weighted by molar-refractivity contribution is -0.384. The van der Waals surface area contributed by atoms with Gasteiger partial charge in [0.2, 0.25) is 17.7 Å². The van der Waals surface area contributed by atoms with Crippen molar-refractivity contribution in [3.8, 4) is 0 Å². The number of thioether (sulfide) groups is 1. The standard InChI is InChI=1S/C32H29N5O6S2/c1-3-34(4-2)21-12-10-19(11-13-21)25-26-27(30(40)36(29(26)39)22-14-16-23(17-15-22)37(42)43)44-31-28(25)45-32(41)35(31)18-24(38)33-20-8-6-5-7-9-20/h5-17,25-27H,3-4,18H2,1-2H3,(H,33,38)/t25-,26-,27+/m0/s1. The summed E-state index contributed by atoms with van der Waals surface area (Å²) in [5, 5.41) is 13.6. The lowest BCUT2D eigenvalue weighted by Crippen LogP contribution is -2.33. The molecule has 13 heteroatoms. The van der Waals surface area contributed by atoms with Crippen LogP contribution in [0.25, 0.3) is 0 Å². The van der Waals surface area contributed by atoms with Crippen molar-refractivity contribution >= 4 is 63.6 Å². The first-order chi connectivity index (χ1) is 21.7. The number of fused-ring (bicyclic) bond motifs is 2. The maximum Gasteiger partial charge on any atom is 0.308 e. The Morgan fingerprint density at radius 3 is 2.22 bits per heavy atom. The number of carbonyl (C=O) groups excluding carboxylic acids is 3. The summed E-state index contributed by atoms with van der Waals surface area (Å²) in [5.41, 5.74) is 2.46. The van der Waals surface area contributed by atoms with E-state index in [2.05, 4.69) is 24.1 Å². The average molecular weight is 644 g/mol. The normalized spacial score (nSPS) is 18.8. The highest BCUT2D eigenvalue weighted by atomic mass is 32.2. The molecule has 0 radical (unpaired) electrons. The van der Waals surface area contributed by atoms with Crippen LogP contribution in [0, 0.1) is 16.0 Å². The van der Waals surface area contributed by atoms with Gasteiger partial charge in [-0.2, -0.15) is 0 Å². The predicted octanol–water partition coefficient (Wildman–Crippen LogP) is 5.10. The summed E-state index contributed by atoms with van der Waals surface area (Å²) >= 11 is 2.10. The van der Waals surface area contributed by atoms with Crippen LogP contribution in [0.15, 0.2) is 88.7 Å². The Kier molecular flexibility index (Phi) is 8.30. The van der Waals surface area contributed by atoms with Crippen molar-refractivity contribution in [1.29, 1.82) is 0 Å². The van der Waals surface area contributed by atoms with Gasteiger partial charge in [0.1, 0.15) is 11.8 Å². The first-order valence-electron chi connectivity index (χ1n) is 14.4. The SMILES string of the molecule is CCN(CC)c1ccc([C@@H]2c3sc(=O)n(CC(=O)Nc4ccccc4)c3S[C@H]3C(=O)N(c4ccc([N+](=O)[O-])cc4)C(=O)[C@@H]23)cc1. The van der Waals surface area contributed by atoms with E-state index < -0.39 is 39.7 Å². The number of thiazole rings is 1. The third kappa shape index (κ3) is 5.53. The number of amides is 3. The molecule has 0 spiro atoms. The second-order valence-corrected chi connectivity index (χ2v) is 12.8. The predicted molar refractivity (Wildman–Crippen MR) is 174 cm³/mol. The number of hydrogen-bond donors (Lipinski definition) is 1. The van der Waals surface area contributed by atoms with Crippen molar-refractivity contribution in [3.05, 3.63) is 109 Å². The summed E-state index contributed by atoms with van der Waals surface area (Å²) in [6.07, 6.45) is 0. The smallest absolute Gasteiger partial charge is 0.308 e. The number of aromatic nitrogens is 1. The third-order valence-electron chi connectivity index (χ3n) is 8.11. The fourth-order valence-corrected chi connectivity index (χ4v) is 8.71. The molecule has 1 N–H and O–H groups in total. The van der Waals surface area contributed by atoms with Crippen LogP contribution in [0.3, 0.4) is 0 Å². The molecule has 4 aromatic rings. The molecule has 3 amide bonds. The largest absolute Gasteiger partial charge is 0.372 e. The first kappa shape index (κ1) is 30.3. The number of hydrogen-bond acceptors (Lipinski definition) is 9. The number of imide groups is 1. The Hall–Kier alpha value is -4.75. The summed E-state index contributed by atoms with van der Waals surface area (Å²) in [6, 6.07) is 22.0.